The van der Waals surface area contributed by atoms with Gasteiger partial charge in [0.25, 0.3) is 5.56 Å². The van der Waals surface area contributed by atoms with Crippen molar-refractivity contribution in [2.75, 3.05) is 20.8 Å². The van der Waals surface area contributed by atoms with Crippen molar-refractivity contribution in [2.24, 2.45) is 5.73 Å². The number of esters is 1. The standard InChI is InChI=1S/C31H28N2O7S2/c1-4-40-31(35)26-25(20-11-9-13-22(18-20)39-3)27(42(36,37)23-14-6-5-7-15-23)28(32)33-29(34)24(41-30(26)33)17-19-10-8-12-21(16-19)38-2/h5-18,25H,4,32H2,1-3H3/b24-17+/t25-/m1/s1. The monoisotopic (exact) mass is 604 g/mol. The van der Waals surface area contributed by atoms with Crippen LogP contribution in [0.1, 0.15) is 24.0 Å². The number of rotatable bonds is 8. The molecule has 0 saturated heterocycles. The highest BCUT2D eigenvalue weighted by molar-refractivity contribution is 7.95. The zero-order valence-electron chi connectivity index (χ0n) is 23.1. The molecule has 0 saturated carbocycles. The van der Waals surface area contributed by atoms with Gasteiger partial charge in [-0.25, -0.2) is 13.2 Å². The predicted octanol–water partition coefficient (Wildman–Crippen LogP) is 2.83. The fourth-order valence-electron chi connectivity index (χ4n) is 4.85. The number of carbonyl (C=O) groups is 1. The number of aromatic nitrogens is 1. The maximum Gasteiger partial charge on any atom is 0.338 e. The van der Waals surface area contributed by atoms with Gasteiger partial charge in [-0.2, -0.15) is 0 Å². The highest BCUT2D eigenvalue weighted by Gasteiger charge is 2.42. The molecule has 0 bridgehead atoms. The number of methoxy groups -OCH3 is 2. The van der Waals surface area contributed by atoms with E-state index in [0.29, 0.717) is 22.6 Å². The van der Waals surface area contributed by atoms with E-state index in [4.69, 9.17) is 19.9 Å². The average molecular weight is 605 g/mol. The van der Waals surface area contributed by atoms with Crippen LogP contribution in [0.25, 0.3) is 17.5 Å². The smallest absolute Gasteiger partial charge is 0.338 e. The molecule has 0 spiro atoms. The third-order valence-corrected chi connectivity index (χ3v) is 9.78. The van der Waals surface area contributed by atoms with Crippen LogP contribution in [0, 0.1) is 0 Å². The van der Waals surface area contributed by atoms with E-state index in [1.54, 1.807) is 79.7 Å². The summed E-state index contributed by atoms with van der Waals surface area (Å²) in [6, 6.07) is 21.6. The third-order valence-electron chi connectivity index (χ3n) is 6.76. The number of benzene rings is 3. The number of hydrogen-bond donors (Lipinski definition) is 1. The molecule has 0 amide bonds. The molecule has 1 aromatic heterocycles. The molecular weight excluding hydrogens is 576 g/mol. The Morgan fingerprint density at radius 3 is 2.31 bits per heavy atom. The van der Waals surface area contributed by atoms with Gasteiger partial charge in [-0.15, -0.1) is 11.3 Å². The molecule has 42 heavy (non-hydrogen) atoms. The second-order valence-corrected chi connectivity index (χ2v) is 12.2. The maximum absolute atomic E-state index is 14.3. The Morgan fingerprint density at radius 1 is 0.976 bits per heavy atom. The van der Waals surface area contributed by atoms with Crippen molar-refractivity contribution in [2.45, 2.75) is 17.7 Å². The van der Waals surface area contributed by atoms with E-state index >= 15 is 0 Å². The van der Waals surface area contributed by atoms with Crippen molar-refractivity contribution in [3.8, 4) is 11.5 Å². The van der Waals surface area contributed by atoms with E-state index in [1.165, 1.54) is 26.4 Å². The minimum atomic E-state index is -4.32. The van der Waals surface area contributed by atoms with Gasteiger partial charge in [0.15, 0.2) is 0 Å². The SMILES string of the molecule is CCOC(=O)C1=c2s/c(=C/c3cccc(OC)c3)c(=O)n2C(N)=C(S(=O)(=O)c2ccccc2)[C@@H]1c1cccc(OC)c1. The Bertz CT molecular complexity index is 1990. The lowest BCUT2D eigenvalue weighted by Crippen LogP contribution is -2.41. The number of thiazole rings is 1. The second kappa shape index (κ2) is 11.7. The molecule has 9 nitrogen and oxygen atoms in total. The summed E-state index contributed by atoms with van der Waals surface area (Å²) in [5.41, 5.74) is 7.17. The summed E-state index contributed by atoms with van der Waals surface area (Å²) in [5, 5.41) is 0. The van der Waals surface area contributed by atoms with Crippen LogP contribution in [0.15, 0.2) is 93.5 Å². The highest BCUT2D eigenvalue weighted by Crippen LogP contribution is 2.42. The number of carbonyl (C=O) groups excluding carboxylic acids is 1. The van der Waals surface area contributed by atoms with Crippen LogP contribution in [0.3, 0.4) is 0 Å². The van der Waals surface area contributed by atoms with Gasteiger partial charge in [0.05, 0.1) is 41.7 Å². The van der Waals surface area contributed by atoms with Crippen molar-refractivity contribution in [3.63, 3.8) is 0 Å². The lowest BCUT2D eigenvalue weighted by atomic mass is 9.89. The lowest BCUT2D eigenvalue weighted by molar-refractivity contribution is -0.136. The first-order valence-corrected chi connectivity index (χ1v) is 15.2. The Kier molecular flexibility index (Phi) is 8.06. The fraction of sp³-hybridized carbons (Fsp3) is 0.161. The Labute approximate surface area is 246 Å². The molecule has 1 aliphatic heterocycles. The van der Waals surface area contributed by atoms with Crippen molar-refractivity contribution in [1.82, 2.24) is 4.57 Å². The van der Waals surface area contributed by atoms with Crippen LogP contribution in [0.4, 0.5) is 0 Å². The first-order chi connectivity index (χ1) is 20.2. The average Bonchev–Trinajstić information content (AvgIpc) is 3.32. The summed E-state index contributed by atoms with van der Waals surface area (Å²) >= 11 is 1.03. The zero-order valence-corrected chi connectivity index (χ0v) is 24.7. The van der Waals surface area contributed by atoms with Gasteiger partial charge in [0.1, 0.15) is 26.9 Å². The van der Waals surface area contributed by atoms with Crippen LogP contribution >= 0.6 is 11.3 Å². The summed E-state index contributed by atoms with van der Waals surface area (Å²) in [7, 11) is -1.30. The molecule has 5 rings (SSSR count). The van der Waals surface area contributed by atoms with Gasteiger partial charge in [0.2, 0.25) is 9.84 Å². The first kappa shape index (κ1) is 28.9. The summed E-state index contributed by atoms with van der Waals surface area (Å²) in [6.45, 7) is 1.68. The molecule has 1 aliphatic rings. The van der Waals surface area contributed by atoms with Gasteiger partial charge >= 0.3 is 5.97 Å². The number of nitrogens with two attached hydrogens (primary N) is 1. The first-order valence-electron chi connectivity index (χ1n) is 12.9. The topological polar surface area (TPSA) is 127 Å². The third kappa shape index (κ3) is 5.12. The summed E-state index contributed by atoms with van der Waals surface area (Å²) in [5.74, 6) is -1.19. The van der Waals surface area contributed by atoms with Crippen LogP contribution in [-0.4, -0.2) is 39.8 Å². The van der Waals surface area contributed by atoms with Gasteiger partial charge in [0, 0.05) is 0 Å². The van der Waals surface area contributed by atoms with Crippen LogP contribution in [0.5, 0.6) is 11.5 Å². The number of fused-ring (bicyclic) bond motifs is 1. The van der Waals surface area contributed by atoms with Gasteiger partial charge in [-0.1, -0.05) is 42.5 Å². The molecule has 216 valence electrons. The van der Waals surface area contributed by atoms with Crippen LogP contribution in [-0.2, 0) is 19.4 Å². The van der Waals surface area contributed by atoms with Crippen molar-refractivity contribution in [1.29, 1.82) is 0 Å². The zero-order chi connectivity index (χ0) is 30.0. The molecule has 3 aromatic carbocycles. The van der Waals surface area contributed by atoms with E-state index < -0.39 is 27.3 Å². The number of sulfone groups is 1. The Morgan fingerprint density at radius 2 is 1.64 bits per heavy atom. The largest absolute Gasteiger partial charge is 0.497 e. The molecule has 0 aliphatic carbocycles. The van der Waals surface area contributed by atoms with Crippen LogP contribution < -0.4 is 30.0 Å². The van der Waals surface area contributed by atoms with E-state index in [0.717, 1.165) is 15.9 Å². The molecule has 1 atom stereocenters. The number of hydrogen-bond acceptors (Lipinski definition) is 9. The molecule has 0 radical (unpaired) electrons. The molecule has 4 aromatic rings. The van der Waals surface area contributed by atoms with E-state index in [1.807, 2.05) is 0 Å². The second-order valence-electron chi connectivity index (χ2n) is 9.24. The van der Waals surface area contributed by atoms with Crippen molar-refractivity contribution >= 4 is 44.6 Å². The fourth-order valence-corrected chi connectivity index (χ4v) is 7.72. The van der Waals surface area contributed by atoms with E-state index in [-0.39, 0.29) is 37.0 Å². The minimum absolute atomic E-state index is 0.0128. The van der Waals surface area contributed by atoms with E-state index in [9.17, 15) is 18.0 Å². The molecule has 0 fully saturated rings. The summed E-state index contributed by atoms with van der Waals surface area (Å²) in [6.07, 6.45) is 1.64. The number of ether oxygens (including phenoxy) is 3. The van der Waals surface area contributed by atoms with Gasteiger partial charge in [-0.05, 0) is 60.5 Å². The predicted molar refractivity (Wildman–Crippen MR) is 161 cm³/mol. The molecule has 0 unspecified atom stereocenters. The molecule has 2 heterocycles. The summed E-state index contributed by atoms with van der Waals surface area (Å²) in [4.78, 5) is 27.2. The van der Waals surface area contributed by atoms with E-state index in [2.05, 4.69) is 0 Å². The van der Waals surface area contributed by atoms with Gasteiger partial charge < -0.3 is 19.9 Å². The molecule has 2 N–H and O–H groups in total. The Balaban J connectivity index is 1.92. The lowest BCUT2D eigenvalue weighted by Gasteiger charge is -2.28. The van der Waals surface area contributed by atoms with Crippen molar-refractivity contribution < 1.29 is 27.4 Å². The Hall–Kier alpha value is -4.61. The maximum atomic E-state index is 14.3. The highest BCUT2D eigenvalue weighted by atomic mass is 32.2. The number of allylic oxidation sites excluding steroid dienone is 1. The molecule has 11 heteroatoms. The van der Waals surface area contributed by atoms with Crippen molar-refractivity contribution in [3.05, 3.63) is 114 Å². The van der Waals surface area contributed by atoms with Crippen LogP contribution in [0.2, 0.25) is 0 Å². The molecular formula is C31H28N2O7S2. The quantitative estimate of drug-likeness (QED) is 0.304. The summed E-state index contributed by atoms with van der Waals surface area (Å²) < 4.78 is 46.2. The number of nitrogens with zero attached hydrogens (tertiary/aromatic N) is 1. The normalized spacial score (nSPS) is 15.4. The minimum Gasteiger partial charge on any atom is -0.497 e. The van der Waals surface area contributed by atoms with Gasteiger partial charge in [-0.3, -0.25) is 9.36 Å².